The van der Waals surface area contributed by atoms with Crippen LogP contribution in [-0.2, 0) is 37.9 Å². The van der Waals surface area contributed by atoms with Gasteiger partial charge < -0.3 is 89.0 Å². The van der Waals surface area contributed by atoms with Crippen LogP contribution in [-0.4, -0.2) is 187 Å². The van der Waals surface area contributed by atoms with Gasteiger partial charge in [0.1, 0.15) is 67.1 Å². The first-order valence-corrected chi connectivity index (χ1v) is 24.0. The summed E-state index contributed by atoms with van der Waals surface area (Å²) in [7, 11) is 0. The van der Waals surface area contributed by atoms with E-state index in [2.05, 4.69) is 47.6 Å². The number of allylic oxidation sites excluding steroid dienone is 1. The van der Waals surface area contributed by atoms with Gasteiger partial charge in [-0.3, -0.25) is 0 Å². The Labute approximate surface area is 381 Å². The van der Waals surface area contributed by atoms with Crippen LogP contribution in [0.15, 0.2) is 11.6 Å². The number of hydrogen-bond acceptors (Lipinski definition) is 18. The largest absolute Gasteiger partial charge is 0.394 e. The number of fused-ring (bicyclic) bond motifs is 4. The molecule has 0 aromatic carbocycles. The molecule has 5 aliphatic heterocycles. The highest BCUT2D eigenvalue weighted by Crippen LogP contribution is 2.80. The second-order valence-electron chi connectivity index (χ2n) is 23.0. The summed E-state index contributed by atoms with van der Waals surface area (Å²) in [5, 5.41) is 108. The fourth-order valence-corrected chi connectivity index (χ4v) is 15.8. The van der Waals surface area contributed by atoms with Gasteiger partial charge in [0.25, 0.3) is 0 Å². The van der Waals surface area contributed by atoms with Crippen molar-refractivity contribution >= 4 is 0 Å². The Morgan fingerprint density at radius 3 is 1.91 bits per heavy atom. The predicted octanol–water partition coefficient (Wildman–Crippen LogP) is -0.0333. The molecule has 4 unspecified atom stereocenters. The molecule has 65 heavy (non-hydrogen) atoms. The molecule has 10 N–H and O–H groups in total. The van der Waals surface area contributed by atoms with Gasteiger partial charge >= 0.3 is 0 Å². The van der Waals surface area contributed by atoms with Crippen molar-refractivity contribution in [1.82, 2.24) is 0 Å². The summed E-state index contributed by atoms with van der Waals surface area (Å²) in [4.78, 5) is 0. The lowest BCUT2D eigenvalue weighted by Crippen LogP contribution is -2.68. The van der Waals surface area contributed by atoms with Crippen LogP contribution < -0.4 is 0 Å². The van der Waals surface area contributed by atoms with E-state index in [0.29, 0.717) is 25.4 Å². The monoisotopic (exact) mass is 929 g/mol. The Hall–Kier alpha value is -0.980. The smallest absolute Gasteiger partial charge is 0.187 e. The van der Waals surface area contributed by atoms with Crippen LogP contribution in [0, 0.1) is 45.3 Å². The minimum absolute atomic E-state index is 0.0842. The molecule has 18 heteroatoms. The van der Waals surface area contributed by atoms with Crippen molar-refractivity contribution in [3.63, 3.8) is 0 Å². The first-order valence-electron chi connectivity index (χ1n) is 24.0. The highest BCUT2D eigenvalue weighted by atomic mass is 16.8. The van der Waals surface area contributed by atoms with Crippen molar-refractivity contribution < 1.29 is 89.0 Å². The third-order valence-corrected chi connectivity index (χ3v) is 18.7. The quantitative estimate of drug-likeness (QED) is 0.107. The van der Waals surface area contributed by atoms with Crippen LogP contribution in [0.3, 0.4) is 0 Å². The normalized spacial score (nSPS) is 57.1. The van der Waals surface area contributed by atoms with Crippen molar-refractivity contribution in [3.8, 4) is 0 Å². The molecular weight excluding hydrogens is 852 g/mol. The average Bonchev–Trinajstić information content (AvgIpc) is 3.76. The average molecular weight is 929 g/mol. The summed E-state index contributed by atoms with van der Waals surface area (Å²) < 4.78 is 50.8. The molecule has 4 aliphatic carbocycles. The lowest BCUT2D eigenvalue weighted by Gasteiger charge is -2.70. The van der Waals surface area contributed by atoms with E-state index in [0.717, 1.165) is 44.1 Å². The van der Waals surface area contributed by atoms with Gasteiger partial charge in [0.15, 0.2) is 24.7 Å². The molecule has 25 atom stereocenters. The lowest BCUT2D eigenvalue weighted by molar-refractivity contribution is -0.389. The standard InChI is InChI=1S/C47H76O18/c1-21(2)14-22-15-45(7,57)38-23-8-9-28-43(5)12-11-29(42(3,4)27(43)10-13-44(28,6)46(23)19-47(38,65-22)59-20-46)62-41-37(64-40-35(56)33(54)31(52)26(17-49)61-40)36(24(50)18-58-41)63-39-34(55)32(53)30(51)25(16-48)60-39/h14,22-41,48-57H,8-13,15-20H2,1-7H3/t22-,23?,24+,25+,26+,27?,28+,29-,30+,31+,32-,33-,34+,35+,36+,37-,38?,39-,40-,41-,43-,44+,45?,46-,47-/m0/s1. The molecule has 2 spiro atoms. The molecule has 9 aliphatic rings. The highest BCUT2D eigenvalue weighted by Gasteiger charge is 2.81. The Kier molecular flexibility index (Phi) is 12.9. The van der Waals surface area contributed by atoms with Crippen molar-refractivity contribution in [2.45, 2.75) is 209 Å². The Morgan fingerprint density at radius 2 is 1.31 bits per heavy atom. The zero-order valence-electron chi connectivity index (χ0n) is 38.8. The molecule has 5 saturated heterocycles. The topological polar surface area (TPSA) is 276 Å². The molecule has 18 nitrogen and oxygen atoms in total. The van der Waals surface area contributed by atoms with Crippen molar-refractivity contribution in [2.24, 2.45) is 45.3 Å². The number of ether oxygens (including phenoxy) is 8. The van der Waals surface area contributed by atoms with Gasteiger partial charge in [0, 0.05) is 24.2 Å². The summed E-state index contributed by atoms with van der Waals surface area (Å²) in [6.45, 7) is 14.3. The van der Waals surface area contributed by atoms with Crippen LogP contribution in [0.5, 0.6) is 0 Å². The van der Waals surface area contributed by atoms with Gasteiger partial charge in [-0.15, -0.1) is 0 Å². The fraction of sp³-hybridized carbons (Fsp3) is 0.957. The van der Waals surface area contributed by atoms with E-state index in [9.17, 15) is 51.1 Å². The van der Waals surface area contributed by atoms with Crippen molar-refractivity contribution in [3.05, 3.63) is 11.6 Å². The van der Waals surface area contributed by atoms with E-state index in [1.54, 1.807) is 0 Å². The molecule has 9 fully saturated rings. The van der Waals surface area contributed by atoms with Crippen LogP contribution in [0.25, 0.3) is 0 Å². The van der Waals surface area contributed by atoms with Crippen LogP contribution in [0.1, 0.15) is 99.8 Å². The second kappa shape index (κ2) is 17.1. The number of hydrogen-bond donors (Lipinski definition) is 10. The second-order valence-corrected chi connectivity index (χ2v) is 23.0. The van der Waals surface area contributed by atoms with Gasteiger partial charge in [0.05, 0.1) is 44.2 Å². The van der Waals surface area contributed by atoms with E-state index in [4.69, 9.17) is 37.9 Å². The van der Waals surface area contributed by atoms with Crippen molar-refractivity contribution in [2.75, 3.05) is 26.4 Å². The first-order chi connectivity index (χ1) is 30.5. The van der Waals surface area contributed by atoms with Gasteiger partial charge in [-0.2, -0.15) is 0 Å². The third-order valence-electron chi connectivity index (χ3n) is 18.7. The van der Waals surface area contributed by atoms with E-state index < -0.39 is 122 Å². The molecule has 0 amide bonds. The van der Waals surface area contributed by atoms with Gasteiger partial charge in [-0.25, -0.2) is 0 Å². The summed E-state index contributed by atoms with van der Waals surface area (Å²) in [6, 6.07) is 0. The Balaban J connectivity index is 0.978. The van der Waals surface area contributed by atoms with Crippen LogP contribution >= 0.6 is 0 Å². The van der Waals surface area contributed by atoms with E-state index in [1.165, 1.54) is 0 Å². The zero-order chi connectivity index (χ0) is 47.0. The van der Waals surface area contributed by atoms with E-state index in [1.807, 2.05) is 6.92 Å². The van der Waals surface area contributed by atoms with E-state index in [-0.39, 0.29) is 46.7 Å². The molecule has 0 radical (unpaired) electrons. The number of aliphatic hydroxyl groups is 10. The van der Waals surface area contributed by atoms with Crippen LogP contribution in [0.4, 0.5) is 0 Å². The summed E-state index contributed by atoms with van der Waals surface area (Å²) in [6.07, 6.45) is -14.3. The van der Waals surface area contributed by atoms with Crippen LogP contribution in [0.2, 0.25) is 0 Å². The molecule has 0 aromatic rings. The molecule has 5 heterocycles. The molecule has 372 valence electrons. The van der Waals surface area contributed by atoms with Gasteiger partial charge in [-0.1, -0.05) is 39.3 Å². The minimum Gasteiger partial charge on any atom is -0.394 e. The molecular formula is C47H76O18. The molecule has 2 bridgehead atoms. The molecule has 4 saturated carbocycles. The first kappa shape index (κ1) is 49.0. The number of aliphatic hydroxyl groups excluding tert-OH is 9. The minimum atomic E-state index is -1.83. The lowest BCUT2D eigenvalue weighted by atomic mass is 9.35. The SMILES string of the molecule is CC(C)=C[C@H]1CC(C)(O)C2C3CC[C@@H]4[C@@]5(C)CC[C@H](O[C@@H]6OC[C@@H](O)[C@@H](O[C@@H]7O[C@H](CO)[C@@H](O)[C@H](O)[C@H]7O)[C@@H]6O[C@@H]6O[C@H](CO)[C@@H](O)[C@H](O)[C@H]6O)C(C)(C)C5CC[C@@]4(C)[C@@]34CO[C@@]2(C4)O1. The molecule has 0 aromatic heterocycles. The summed E-state index contributed by atoms with van der Waals surface area (Å²) in [5.41, 5.74) is -0.584. The van der Waals surface area contributed by atoms with Gasteiger partial charge in [0.2, 0.25) is 0 Å². The maximum atomic E-state index is 12.2. The highest BCUT2D eigenvalue weighted by molar-refractivity contribution is 5.26. The number of rotatable bonds is 9. The maximum absolute atomic E-state index is 12.2. The van der Waals surface area contributed by atoms with E-state index >= 15 is 0 Å². The zero-order valence-corrected chi connectivity index (χ0v) is 38.8. The fourth-order valence-electron chi connectivity index (χ4n) is 15.8. The van der Waals surface area contributed by atoms with Gasteiger partial charge in [-0.05, 0) is 93.3 Å². The molecule has 9 rings (SSSR count). The predicted molar refractivity (Wildman–Crippen MR) is 225 cm³/mol. The summed E-state index contributed by atoms with van der Waals surface area (Å²) in [5.74, 6) is -0.125. The maximum Gasteiger partial charge on any atom is 0.187 e. The van der Waals surface area contributed by atoms with Crippen molar-refractivity contribution in [1.29, 1.82) is 0 Å². The third kappa shape index (κ3) is 7.49. The summed E-state index contributed by atoms with van der Waals surface area (Å²) >= 11 is 0. The Morgan fingerprint density at radius 1 is 0.692 bits per heavy atom. The Bertz CT molecular complexity index is 1760.